The molecule has 3 heteroatoms. The fourth-order valence-electron chi connectivity index (χ4n) is 0.412. The molecule has 0 radical (unpaired) electrons. The molecule has 0 aliphatic carbocycles. The number of hydrogen-bond donors (Lipinski definition) is 0. The molecule has 0 spiro atoms. The highest BCUT2D eigenvalue weighted by atomic mass is 35.5. The van der Waals surface area contributed by atoms with E-state index < -0.39 is 10.2 Å². The van der Waals surface area contributed by atoms with Crippen LogP contribution in [0.15, 0.2) is 11.6 Å². The smallest absolute Gasteiger partial charge is 0.0263 e. The van der Waals surface area contributed by atoms with E-state index in [4.69, 9.17) is 11.6 Å². The SMILES string of the molecule is CN(C/C=C/Cl)S(C)(C)C. The number of halogens is 1. The summed E-state index contributed by atoms with van der Waals surface area (Å²) in [6.07, 6.45) is 8.74. The molecule has 0 aromatic rings. The first-order valence-corrected chi connectivity index (χ1v) is 6.38. The Morgan fingerprint density at radius 1 is 1.40 bits per heavy atom. The van der Waals surface area contributed by atoms with E-state index in [1.54, 1.807) is 5.54 Å². The zero-order chi connectivity index (χ0) is 8.20. The van der Waals surface area contributed by atoms with Gasteiger partial charge >= 0.3 is 0 Å². The standard InChI is InChI=1S/C7H16ClNS/c1-9(7-5-6-8)10(2,3)4/h5-6H,7H2,1-4H3/b6-5+. The van der Waals surface area contributed by atoms with Gasteiger partial charge in [-0.25, -0.2) is 0 Å². The summed E-state index contributed by atoms with van der Waals surface area (Å²) in [5, 5.41) is 0. The zero-order valence-electron chi connectivity index (χ0n) is 7.10. The molecule has 0 aromatic heterocycles. The second-order valence-electron chi connectivity index (χ2n) is 2.94. The highest BCUT2D eigenvalue weighted by Gasteiger charge is 2.08. The van der Waals surface area contributed by atoms with E-state index >= 15 is 0 Å². The maximum atomic E-state index is 5.40. The van der Waals surface area contributed by atoms with E-state index in [1.807, 2.05) is 6.08 Å². The maximum absolute atomic E-state index is 5.40. The first kappa shape index (κ1) is 10.3. The second-order valence-corrected chi connectivity index (χ2v) is 7.36. The number of nitrogens with zero attached hydrogens (tertiary/aromatic N) is 1. The van der Waals surface area contributed by atoms with Crippen molar-refractivity contribution in [2.45, 2.75) is 0 Å². The summed E-state index contributed by atoms with van der Waals surface area (Å²) in [6, 6.07) is 0. The summed E-state index contributed by atoms with van der Waals surface area (Å²) in [6.45, 7) is 0.947. The van der Waals surface area contributed by atoms with Crippen molar-refractivity contribution in [1.82, 2.24) is 4.31 Å². The van der Waals surface area contributed by atoms with E-state index in [0.29, 0.717) is 0 Å². The minimum atomic E-state index is -0.552. The molecule has 10 heavy (non-hydrogen) atoms. The molecule has 0 fully saturated rings. The lowest BCUT2D eigenvalue weighted by Crippen LogP contribution is -2.21. The summed E-state index contributed by atoms with van der Waals surface area (Å²) >= 11 is 5.40. The van der Waals surface area contributed by atoms with Crippen LogP contribution in [-0.2, 0) is 0 Å². The van der Waals surface area contributed by atoms with Gasteiger partial charge in [-0.3, -0.25) is 4.31 Å². The number of likely N-dealkylation sites (N-methyl/N-ethyl adjacent to an activating group) is 1. The minimum absolute atomic E-state index is 0.552. The Bertz CT molecular complexity index is 117. The predicted octanol–water partition coefficient (Wildman–Crippen LogP) is 2.28. The van der Waals surface area contributed by atoms with Crippen LogP contribution in [0.25, 0.3) is 0 Å². The van der Waals surface area contributed by atoms with E-state index in [1.165, 1.54) is 0 Å². The van der Waals surface area contributed by atoms with Crippen LogP contribution in [0.1, 0.15) is 0 Å². The Hall–Kier alpha value is 0.340. The lowest BCUT2D eigenvalue weighted by Gasteiger charge is -2.36. The van der Waals surface area contributed by atoms with Crippen molar-refractivity contribution in [3.05, 3.63) is 11.6 Å². The van der Waals surface area contributed by atoms with Gasteiger partial charge in [0.1, 0.15) is 0 Å². The summed E-state index contributed by atoms with van der Waals surface area (Å²) in [5.74, 6) is 0. The largest absolute Gasteiger partial charge is 0.267 e. The van der Waals surface area contributed by atoms with Crippen LogP contribution in [0.5, 0.6) is 0 Å². The molecule has 0 saturated carbocycles. The molecular weight excluding hydrogens is 166 g/mol. The average Bonchev–Trinajstić information content (AvgIpc) is 1.80. The van der Waals surface area contributed by atoms with Crippen molar-refractivity contribution < 1.29 is 0 Å². The molecule has 0 saturated heterocycles. The molecular formula is C7H16ClNS. The Kier molecular flexibility index (Phi) is 4.41. The Morgan fingerprint density at radius 2 is 1.90 bits per heavy atom. The molecule has 0 N–H and O–H groups in total. The van der Waals surface area contributed by atoms with Crippen LogP contribution < -0.4 is 0 Å². The topological polar surface area (TPSA) is 3.24 Å². The predicted molar refractivity (Wildman–Crippen MR) is 53.0 cm³/mol. The van der Waals surface area contributed by atoms with Gasteiger partial charge in [-0.15, -0.1) is 0 Å². The molecule has 0 aliphatic heterocycles. The Labute approximate surface area is 70.5 Å². The third-order valence-corrected chi connectivity index (χ3v) is 3.58. The lowest BCUT2D eigenvalue weighted by atomic mass is 10.6. The second kappa shape index (κ2) is 4.27. The fraction of sp³-hybridized carbons (Fsp3) is 0.714. The highest BCUT2D eigenvalue weighted by molar-refractivity contribution is 8.30. The molecule has 0 heterocycles. The summed E-state index contributed by atoms with van der Waals surface area (Å²) in [5.41, 5.74) is 1.57. The molecule has 0 amide bonds. The number of rotatable bonds is 3. The van der Waals surface area contributed by atoms with Gasteiger partial charge in [-0.1, -0.05) is 17.7 Å². The van der Waals surface area contributed by atoms with Crippen molar-refractivity contribution in [3.8, 4) is 0 Å². The van der Waals surface area contributed by atoms with Crippen LogP contribution in [-0.4, -0.2) is 36.7 Å². The summed E-state index contributed by atoms with van der Waals surface area (Å²) in [7, 11) is 1.57. The molecule has 0 bridgehead atoms. The highest BCUT2D eigenvalue weighted by Crippen LogP contribution is 2.37. The van der Waals surface area contributed by atoms with Crippen LogP contribution in [0.3, 0.4) is 0 Å². The Morgan fingerprint density at radius 3 is 2.20 bits per heavy atom. The molecule has 0 unspecified atom stereocenters. The first-order chi connectivity index (χ1) is 4.48. The van der Waals surface area contributed by atoms with Crippen LogP contribution in [0, 0.1) is 0 Å². The average molecular weight is 182 g/mol. The molecule has 62 valence electrons. The molecule has 1 nitrogen and oxygen atoms in total. The van der Waals surface area contributed by atoms with Crippen molar-refractivity contribution in [2.24, 2.45) is 0 Å². The van der Waals surface area contributed by atoms with Gasteiger partial charge in [0.2, 0.25) is 0 Å². The van der Waals surface area contributed by atoms with Crippen LogP contribution in [0.4, 0.5) is 0 Å². The molecule has 0 aliphatic rings. The van der Waals surface area contributed by atoms with Gasteiger partial charge in [-0.05, 0) is 25.8 Å². The van der Waals surface area contributed by atoms with Gasteiger partial charge < -0.3 is 0 Å². The fourth-order valence-corrected chi connectivity index (χ4v) is 1.02. The van der Waals surface area contributed by atoms with Gasteiger partial charge in [0.05, 0.1) is 0 Å². The van der Waals surface area contributed by atoms with E-state index in [2.05, 4.69) is 30.1 Å². The van der Waals surface area contributed by atoms with Gasteiger partial charge in [0.25, 0.3) is 0 Å². The Balaban J connectivity index is 3.73. The quantitative estimate of drug-likeness (QED) is 0.646. The lowest BCUT2D eigenvalue weighted by molar-refractivity contribution is 0.623. The number of hydrogen-bond acceptors (Lipinski definition) is 1. The van der Waals surface area contributed by atoms with Gasteiger partial charge in [-0.2, -0.15) is 10.2 Å². The van der Waals surface area contributed by atoms with Crippen molar-refractivity contribution in [2.75, 3.05) is 32.4 Å². The monoisotopic (exact) mass is 181 g/mol. The van der Waals surface area contributed by atoms with E-state index in [-0.39, 0.29) is 0 Å². The van der Waals surface area contributed by atoms with Crippen molar-refractivity contribution in [3.63, 3.8) is 0 Å². The maximum Gasteiger partial charge on any atom is 0.0263 e. The third kappa shape index (κ3) is 4.20. The van der Waals surface area contributed by atoms with Crippen LogP contribution in [0.2, 0.25) is 0 Å². The van der Waals surface area contributed by atoms with Gasteiger partial charge in [0.15, 0.2) is 0 Å². The van der Waals surface area contributed by atoms with Crippen molar-refractivity contribution in [1.29, 1.82) is 0 Å². The molecule has 0 rings (SSSR count). The zero-order valence-corrected chi connectivity index (χ0v) is 8.67. The van der Waals surface area contributed by atoms with E-state index in [9.17, 15) is 0 Å². The van der Waals surface area contributed by atoms with Crippen molar-refractivity contribution >= 4 is 21.8 Å². The van der Waals surface area contributed by atoms with Gasteiger partial charge in [0, 0.05) is 12.1 Å². The summed E-state index contributed by atoms with van der Waals surface area (Å²) < 4.78 is 2.31. The normalized spacial score (nSPS) is 15.0. The molecule has 0 atom stereocenters. The molecule has 0 aromatic carbocycles. The summed E-state index contributed by atoms with van der Waals surface area (Å²) in [4.78, 5) is 0. The van der Waals surface area contributed by atoms with Crippen LogP contribution >= 0.6 is 21.8 Å². The first-order valence-electron chi connectivity index (χ1n) is 3.13. The van der Waals surface area contributed by atoms with E-state index in [0.717, 1.165) is 6.54 Å². The minimum Gasteiger partial charge on any atom is -0.267 e. The third-order valence-electron chi connectivity index (χ3n) is 1.39.